The van der Waals surface area contributed by atoms with Gasteiger partial charge in [0, 0.05) is 32.0 Å². The van der Waals surface area contributed by atoms with E-state index in [-0.39, 0.29) is 6.03 Å². The molecular formula is C16H21N5O. The van der Waals surface area contributed by atoms with E-state index in [1.807, 2.05) is 25.2 Å². The molecule has 0 spiro atoms. The zero-order valence-electron chi connectivity index (χ0n) is 12.7. The fourth-order valence-electron chi connectivity index (χ4n) is 2.79. The van der Waals surface area contributed by atoms with Gasteiger partial charge in [-0.25, -0.2) is 4.79 Å². The minimum absolute atomic E-state index is 0.0948. The lowest BCUT2D eigenvalue weighted by Crippen LogP contribution is -2.40. The number of rotatable bonds is 4. The normalized spacial score (nSPS) is 15.0. The van der Waals surface area contributed by atoms with Gasteiger partial charge in [-0.2, -0.15) is 5.10 Å². The molecule has 1 aliphatic carbocycles. The number of carbonyl (C=O) groups excluding carboxylic acids is 1. The molecule has 0 atom stereocenters. The predicted molar refractivity (Wildman–Crippen MR) is 84.1 cm³/mol. The van der Waals surface area contributed by atoms with Crippen molar-refractivity contribution in [3.63, 3.8) is 0 Å². The maximum atomic E-state index is 11.8. The van der Waals surface area contributed by atoms with Crippen molar-refractivity contribution < 1.29 is 4.79 Å². The predicted octanol–water partition coefficient (Wildman–Crippen LogP) is 2.22. The number of amides is 2. The number of aryl methyl sites for hydroxylation is 1. The Morgan fingerprint density at radius 2 is 2.14 bits per heavy atom. The molecule has 1 saturated carbocycles. The number of nitrogens with zero attached hydrogens (tertiary/aromatic N) is 3. The molecule has 22 heavy (non-hydrogen) atoms. The summed E-state index contributed by atoms with van der Waals surface area (Å²) >= 11 is 0. The Hall–Kier alpha value is -2.37. The van der Waals surface area contributed by atoms with E-state index in [9.17, 15) is 4.79 Å². The highest BCUT2D eigenvalue weighted by Crippen LogP contribution is 2.17. The molecule has 0 unspecified atom stereocenters. The lowest BCUT2D eigenvalue weighted by atomic mass is 10.2. The third-order valence-electron chi connectivity index (χ3n) is 4.05. The van der Waals surface area contributed by atoms with Crippen molar-refractivity contribution in [1.29, 1.82) is 0 Å². The second-order valence-electron chi connectivity index (χ2n) is 5.70. The van der Waals surface area contributed by atoms with Crippen molar-refractivity contribution >= 4 is 6.03 Å². The van der Waals surface area contributed by atoms with E-state index in [4.69, 9.17) is 0 Å². The van der Waals surface area contributed by atoms with Crippen LogP contribution in [0.15, 0.2) is 30.6 Å². The van der Waals surface area contributed by atoms with Crippen LogP contribution in [-0.2, 0) is 13.6 Å². The van der Waals surface area contributed by atoms with Crippen LogP contribution in [0.1, 0.15) is 31.2 Å². The monoisotopic (exact) mass is 299 g/mol. The van der Waals surface area contributed by atoms with E-state index >= 15 is 0 Å². The number of carbonyl (C=O) groups is 1. The second-order valence-corrected chi connectivity index (χ2v) is 5.70. The van der Waals surface area contributed by atoms with E-state index in [1.165, 1.54) is 12.8 Å². The maximum Gasteiger partial charge on any atom is 0.315 e. The van der Waals surface area contributed by atoms with Gasteiger partial charge in [0.2, 0.25) is 0 Å². The Morgan fingerprint density at radius 3 is 2.77 bits per heavy atom. The third kappa shape index (κ3) is 3.44. The first-order valence-electron chi connectivity index (χ1n) is 7.70. The summed E-state index contributed by atoms with van der Waals surface area (Å²) in [5.74, 6) is 0. The Balaban J connectivity index is 1.53. The quantitative estimate of drug-likeness (QED) is 0.909. The molecule has 0 saturated heterocycles. The Bertz CT molecular complexity index is 628. The Kier molecular flexibility index (Phi) is 4.37. The fraction of sp³-hybridized carbons (Fsp3) is 0.438. The van der Waals surface area contributed by atoms with Crippen molar-refractivity contribution in [1.82, 2.24) is 25.4 Å². The molecule has 3 rings (SSSR count). The van der Waals surface area contributed by atoms with Gasteiger partial charge in [-0.3, -0.25) is 9.67 Å². The van der Waals surface area contributed by atoms with Crippen LogP contribution in [0.25, 0.3) is 11.4 Å². The molecule has 2 N–H and O–H groups in total. The van der Waals surface area contributed by atoms with Crippen LogP contribution < -0.4 is 10.6 Å². The molecule has 6 heteroatoms. The molecule has 0 aromatic carbocycles. The van der Waals surface area contributed by atoms with E-state index in [0.717, 1.165) is 29.8 Å². The molecule has 116 valence electrons. The number of hydrogen-bond acceptors (Lipinski definition) is 3. The molecule has 2 aromatic heterocycles. The van der Waals surface area contributed by atoms with Gasteiger partial charge in [0.25, 0.3) is 0 Å². The van der Waals surface area contributed by atoms with Gasteiger partial charge in [0.1, 0.15) is 0 Å². The molecule has 1 fully saturated rings. The first-order chi connectivity index (χ1) is 10.7. The third-order valence-corrected chi connectivity index (χ3v) is 4.05. The lowest BCUT2D eigenvalue weighted by Gasteiger charge is -2.13. The summed E-state index contributed by atoms with van der Waals surface area (Å²) < 4.78 is 1.79. The van der Waals surface area contributed by atoms with E-state index in [2.05, 4.69) is 20.7 Å². The summed E-state index contributed by atoms with van der Waals surface area (Å²) in [6, 6.07) is 6.09. The maximum absolute atomic E-state index is 11.8. The molecule has 2 amide bonds. The van der Waals surface area contributed by atoms with E-state index in [0.29, 0.717) is 12.6 Å². The van der Waals surface area contributed by atoms with Gasteiger partial charge in [-0.15, -0.1) is 0 Å². The van der Waals surface area contributed by atoms with Crippen molar-refractivity contribution in [3.05, 3.63) is 36.2 Å². The Morgan fingerprint density at radius 1 is 1.32 bits per heavy atom. The summed E-state index contributed by atoms with van der Waals surface area (Å²) in [4.78, 5) is 16.2. The van der Waals surface area contributed by atoms with Crippen molar-refractivity contribution in [3.8, 4) is 11.4 Å². The highest BCUT2D eigenvalue weighted by Gasteiger charge is 2.16. The number of nitrogens with one attached hydrogen (secondary N) is 2. The van der Waals surface area contributed by atoms with E-state index < -0.39 is 0 Å². The van der Waals surface area contributed by atoms with Gasteiger partial charge < -0.3 is 10.6 Å². The minimum Gasteiger partial charge on any atom is -0.335 e. The summed E-state index contributed by atoms with van der Waals surface area (Å²) in [7, 11) is 1.89. The number of aromatic nitrogens is 3. The molecule has 0 bridgehead atoms. The summed E-state index contributed by atoms with van der Waals surface area (Å²) in [5.41, 5.74) is 2.82. The van der Waals surface area contributed by atoms with Crippen LogP contribution in [0.2, 0.25) is 0 Å². The van der Waals surface area contributed by atoms with Gasteiger partial charge in [0.15, 0.2) is 0 Å². The first kappa shape index (κ1) is 14.6. The van der Waals surface area contributed by atoms with Gasteiger partial charge in [0.05, 0.1) is 11.4 Å². The zero-order chi connectivity index (χ0) is 15.4. The molecule has 1 aliphatic rings. The first-order valence-corrected chi connectivity index (χ1v) is 7.70. The highest BCUT2D eigenvalue weighted by molar-refractivity contribution is 5.74. The Labute approximate surface area is 129 Å². The van der Waals surface area contributed by atoms with Crippen LogP contribution in [0.4, 0.5) is 4.79 Å². The van der Waals surface area contributed by atoms with Crippen molar-refractivity contribution in [2.75, 3.05) is 0 Å². The fourth-order valence-corrected chi connectivity index (χ4v) is 2.79. The van der Waals surface area contributed by atoms with Gasteiger partial charge in [-0.05, 0) is 30.5 Å². The van der Waals surface area contributed by atoms with Crippen LogP contribution in [0, 0.1) is 0 Å². The van der Waals surface area contributed by atoms with Crippen LogP contribution in [0.3, 0.4) is 0 Å². The average molecular weight is 299 g/mol. The number of hydrogen-bond donors (Lipinski definition) is 2. The molecule has 0 radical (unpaired) electrons. The lowest BCUT2D eigenvalue weighted by molar-refractivity contribution is 0.236. The smallest absolute Gasteiger partial charge is 0.315 e. The second kappa shape index (κ2) is 6.60. The number of pyridine rings is 1. The van der Waals surface area contributed by atoms with Crippen molar-refractivity contribution in [2.45, 2.75) is 38.3 Å². The molecule has 6 nitrogen and oxygen atoms in total. The minimum atomic E-state index is -0.0948. The standard InChI is InChI=1S/C16H21N5O/c1-21-15(8-9-19-21)14-7-6-12(10-17-14)11-18-16(22)20-13-4-2-3-5-13/h6-10,13H,2-5,11H2,1H3,(H2,18,20,22). The summed E-state index contributed by atoms with van der Waals surface area (Å²) in [6.07, 6.45) is 8.15. The molecular weight excluding hydrogens is 278 g/mol. The van der Waals surface area contributed by atoms with Gasteiger partial charge in [-0.1, -0.05) is 18.9 Å². The number of urea groups is 1. The molecule has 2 aromatic rings. The van der Waals surface area contributed by atoms with Crippen LogP contribution >= 0.6 is 0 Å². The highest BCUT2D eigenvalue weighted by atomic mass is 16.2. The largest absolute Gasteiger partial charge is 0.335 e. The topological polar surface area (TPSA) is 71.8 Å². The average Bonchev–Trinajstić information content (AvgIpc) is 3.17. The summed E-state index contributed by atoms with van der Waals surface area (Å²) in [6.45, 7) is 0.483. The van der Waals surface area contributed by atoms with Crippen molar-refractivity contribution in [2.24, 2.45) is 7.05 Å². The SMILES string of the molecule is Cn1nccc1-c1ccc(CNC(=O)NC2CCCC2)cn1. The van der Waals surface area contributed by atoms with E-state index in [1.54, 1.807) is 17.1 Å². The van der Waals surface area contributed by atoms with Crippen LogP contribution in [0.5, 0.6) is 0 Å². The molecule has 0 aliphatic heterocycles. The van der Waals surface area contributed by atoms with Gasteiger partial charge >= 0.3 is 6.03 Å². The summed E-state index contributed by atoms with van der Waals surface area (Å²) in [5, 5.41) is 10.0. The van der Waals surface area contributed by atoms with Crippen LogP contribution in [-0.4, -0.2) is 26.8 Å². The molecule has 2 heterocycles. The zero-order valence-corrected chi connectivity index (χ0v) is 12.7.